The van der Waals surface area contributed by atoms with Gasteiger partial charge in [-0.3, -0.25) is 4.90 Å². The number of nitrogens with one attached hydrogen (secondary N) is 1. The molecule has 2 rings (SSSR count). The minimum Gasteiger partial charge on any atom is -0.316 e. The Bertz CT molecular complexity index is 389. The van der Waals surface area contributed by atoms with E-state index in [2.05, 4.69) is 10.2 Å². The second-order valence-electron chi connectivity index (χ2n) is 5.00. The van der Waals surface area contributed by atoms with Crippen LogP contribution in [-0.2, 0) is 0 Å². The third kappa shape index (κ3) is 3.06. The second-order valence-corrected chi connectivity index (χ2v) is 5.00. The van der Waals surface area contributed by atoms with Gasteiger partial charge < -0.3 is 5.32 Å². The lowest BCUT2D eigenvalue weighted by Crippen LogP contribution is -2.45. The molecule has 18 heavy (non-hydrogen) atoms. The van der Waals surface area contributed by atoms with Gasteiger partial charge in [-0.05, 0) is 51.1 Å². The molecule has 2 unspecified atom stereocenters. The largest absolute Gasteiger partial charge is 0.316 e. The number of hydrogen-bond donors (Lipinski definition) is 1. The van der Waals surface area contributed by atoms with Crippen LogP contribution < -0.4 is 5.32 Å². The number of benzene rings is 1. The minimum absolute atomic E-state index is 0.0475. The molecular weight excluding hydrogens is 234 g/mol. The highest BCUT2D eigenvalue weighted by molar-refractivity contribution is 5.21. The fourth-order valence-corrected chi connectivity index (χ4v) is 2.62. The van der Waals surface area contributed by atoms with Gasteiger partial charge in [-0.25, -0.2) is 8.78 Å². The zero-order valence-corrected chi connectivity index (χ0v) is 10.9. The average molecular weight is 254 g/mol. The van der Waals surface area contributed by atoms with Crippen LogP contribution in [0.4, 0.5) is 8.78 Å². The maximum absolute atomic E-state index is 13.2. The highest BCUT2D eigenvalue weighted by Gasteiger charge is 2.23. The Balaban J connectivity index is 2.12. The summed E-state index contributed by atoms with van der Waals surface area (Å²) in [6.07, 6.45) is 2.28. The van der Waals surface area contributed by atoms with Crippen LogP contribution in [0.1, 0.15) is 31.4 Å². The van der Waals surface area contributed by atoms with Gasteiger partial charge in [0.25, 0.3) is 0 Å². The molecule has 1 N–H and O–H groups in total. The monoisotopic (exact) mass is 254 g/mol. The van der Waals surface area contributed by atoms with E-state index in [1.165, 1.54) is 12.1 Å². The van der Waals surface area contributed by atoms with Gasteiger partial charge in [0.05, 0.1) is 0 Å². The first-order valence-electron chi connectivity index (χ1n) is 6.47. The highest BCUT2D eigenvalue weighted by Crippen LogP contribution is 2.25. The van der Waals surface area contributed by atoms with E-state index >= 15 is 0 Å². The maximum Gasteiger partial charge on any atom is 0.126 e. The number of hydrogen-bond acceptors (Lipinski definition) is 2. The number of piperidine rings is 1. The topological polar surface area (TPSA) is 15.3 Å². The Labute approximate surface area is 107 Å². The van der Waals surface area contributed by atoms with Crippen molar-refractivity contribution in [2.45, 2.75) is 31.8 Å². The van der Waals surface area contributed by atoms with Crippen molar-refractivity contribution in [3.05, 3.63) is 35.4 Å². The Morgan fingerprint density at radius 1 is 1.28 bits per heavy atom. The molecule has 0 aliphatic carbocycles. The van der Waals surface area contributed by atoms with Crippen LogP contribution in [0.2, 0.25) is 0 Å². The molecule has 1 aromatic carbocycles. The fourth-order valence-electron chi connectivity index (χ4n) is 2.62. The molecule has 0 amide bonds. The Hall–Kier alpha value is -1.00. The van der Waals surface area contributed by atoms with Gasteiger partial charge in [-0.15, -0.1) is 0 Å². The minimum atomic E-state index is -0.501. The first-order chi connectivity index (χ1) is 8.60. The fraction of sp³-hybridized carbons (Fsp3) is 0.571. The zero-order chi connectivity index (χ0) is 13.1. The molecule has 0 spiro atoms. The third-order valence-corrected chi connectivity index (χ3v) is 3.78. The normalized spacial score (nSPS) is 23.0. The number of nitrogens with zero attached hydrogens (tertiary/aromatic N) is 1. The summed E-state index contributed by atoms with van der Waals surface area (Å²) in [5.74, 6) is -1.00. The molecule has 2 nitrogen and oxygen atoms in total. The van der Waals surface area contributed by atoms with Gasteiger partial charge in [0, 0.05) is 24.7 Å². The van der Waals surface area contributed by atoms with Crippen LogP contribution in [-0.4, -0.2) is 31.1 Å². The maximum atomic E-state index is 13.2. The molecule has 1 heterocycles. The van der Waals surface area contributed by atoms with E-state index in [-0.39, 0.29) is 6.04 Å². The Morgan fingerprint density at radius 2 is 1.94 bits per heavy atom. The molecular formula is C14H20F2N2. The van der Waals surface area contributed by atoms with Gasteiger partial charge >= 0.3 is 0 Å². The number of likely N-dealkylation sites (N-methyl/N-ethyl adjacent to an activating group) is 1. The molecule has 1 aliphatic rings. The van der Waals surface area contributed by atoms with Crippen molar-refractivity contribution >= 4 is 0 Å². The van der Waals surface area contributed by atoms with Crippen LogP contribution in [0.15, 0.2) is 18.2 Å². The van der Waals surface area contributed by atoms with Gasteiger partial charge in [-0.2, -0.15) is 0 Å². The van der Waals surface area contributed by atoms with Gasteiger partial charge in [0.15, 0.2) is 0 Å². The lowest BCUT2D eigenvalue weighted by Gasteiger charge is -2.37. The standard InChI is InChI=1S/C14H20F2N2/c1-10(11-6-12(15)8-13(16)7-11)18-5-3-4-14(9-18)17-2/h6-8,10,14,17H,3-5,9H2,1-2H3. The van der Waals surface area contributed by atoms with Crippen LogP contribution in [0.3, 0.4) is 0 Å². The van der Waals surface area contributed by atoms with Crippen molar-refractivity contribution < 1.29 is 8.78 Å². The van der Waals surface area contributed by atoms with Crippen LogP contribution in [0.25, 0.3) is 0 Å². The van der Waals surface area contributed by atoms with Gasteiger partial charge in [-0.1, -0.05) is 0 Å². The van der Waals surface area contributed by atoms with Crippen molar-refractivity contribution in [1.82, 2.24) is 10.2 Å². The van der Waals surface area contributed by atoms with Crippen molar-refractivity contribution in [3.8, 4) is 0 Å². The molecule has 0 aromatic heterocycles. The van der Waals surface area contributed by atoms with Gasteiger partial charge in [0.2, 0.25) is 0 Å². The molecule has 1 saturated heterocycles. The first-order valence-corrected chi connectivity index (χ1v) is 6.47. The van der Waals surface area contributed by atoms with Crippen molar-refractivity contribution in [2.24, 2.45) is 0 Å². The molecule has 1 aliphatic heterocycles. The van der Waals surface area contributed by atoms with E-state index in [9.17, 15) is 8.78 Å². The quantitative estimate of drug-likeness (QED) is 0.892. The summed E-state index contributed by atoms with van der Waals surface area (Å²) in [5, 5.41) is 3.27. The van der Waals surface area contributed by atoms with E-state index in [1.807, 2.05) is 14.0 Å². The zero-order valence-electron chi connectivity index (χ0n) is 10.9. The molecule has 0 radical (unpaired) electrons. The highest BCUT2D eigenvalue weighted by atomic mass is 19.1. The summed E-state index contributed by atoms with van der Waals surface area (Å²) in [4.78, 5) is 2.28. The average Bonchev–Trinajstić information content (AvgIpc) is 2.37. The number of rotatable bonds is 3. The number of halogens is 2. The van der Waals surface area contributed by atoms with Crippen molar-refractivity contribution in [2.75, 3.05) is 20.1 Å². The second kappa shape index (κ2) is 5.76. The van der Waals surface area contributed by atoms with Crippen molar-refractivity contribution in [3.63, 3.8) is 0 Å². The molecule has 1 aromatic rings. The first kappa shape index (κ1) is 13.4. The smallest absolute Gasteiger partial charge is 0.126 e. The summed E-state index contributed by atoms with van der Waals surface area (Å²) >= 11 is 0. The van der Waals surface area contributed by atoms with Crippen molar-refractivity contribution in [1.29, 1.82) is 0 Å². The van der Waals surface area contributed by atoms with E-state index in [4.69, 9.17) is 0 Å². The molecule has 4 heteroatoms. The Kier molecular flexibility index (Phi) is 4.30. The summed E-state index contributed by atoms with van der Waals surface area (Å²) < 4.78 is 26.5. The molecule has 2 atom stereocenters. The Morgan fingerprint density at radius 3 is 2.56 bits per heavy atom. The van der Waals surface area contributed by atoms with E-state index in [1.54, 1.807) is 0 Å². The predicted octanol–water partition coefficient (Wildman–Crippen LogP) is 2.71. The number of likely N-dealkylation sites (tertiary alicyclic amines) is 1. The van der Waals surface area contributed by atoms with Crippen LogP contribution >= 0.6 is 0 Å². The summed E-state index contributed by atoms with van der Waals surface area (Å²) in [6, 6.07) is 4.29. The summed E-state index contributed by atoms with van der Waals surface area (Å²) in [6.45, 7) is 3.92. The molecule has 100 valence electrons. The lowest BCUT2D eigenvalue weighted by atomic mass is 10.0. The SMILES string of the molecule is CNC1CCCN(C(C)c2cc(F)cc(F)c2)C1. The van der Waals surface area contributed by atoms with E-state index < -0.39 is 11.6 Å². The van der Waals surface area contributed by atoms with E-state index in [0.29, 0.717) is 11.6 Å². The molecule has 1 fully saturated rings. The van der Waals surface area contributed by atoms with Gasteiger partial charge in [0.1, 0.15) is 11.6 Å². The third-order valence-electron chi connectivity index (χ3n) is 3.78. The van der Waals surface area contributed by atoms with E-state index in [0.717, 1.165) is 32.0 Å². The van der Waals surface area contributed by atoms with Crippen LogP contribution in [0.5, 0.6) is 0 Å². The molecule has 0 saturated carbocycles. The molecule has 0 bridgehead atoms. The van der Waals surface area contributed by atoms with Crippen LogP contribution in [0, 0.1) is 11.6 Å². The summed E-state index contributed by atoms with van der Waals surface area (Å²) in [7, 11) is 1.96. The summed E-state index contributed by atoms with van der Waals surface area (Å²) in [5.41, 5.74) is 0.712. The predicted molar refractivity (Wildman–Crippen MR) is 68.4 cm³/mol. The lowest BCUT2D eigenvalue weighted by molar-refractivity contribution is 0.149.